The van der Waals surface area contributed by atoms with Gasteiger partial charge in [-0.3, -0.25) is 0 Å². The van der Waals surface area contributed by atoms with Crippen LogP contribution in [-0.2, 0) is 15.3 Å². The molecule has 1 rings (SSSR count). The number of aliphatic hydroxyl groups excluding tert-OH is 2. The summed E-state index contributed by atoms with van der Waals surface area (Å²) in [7, 11) is -3.30. The van der Waals surface area contributed by atoms with Crippen LogP contribution in [0.25, 0.3) is 0 Å². The zero-order valence-electron chi connectivity index (χ0n) is 12.6. The molecule has 2 N–H and O–H groups in total. The van der Waals surface area contributed by atoms with Crippen molar-refractivity contribution >= 4 is 25.8 Å². The van der Waals surface area contributed by atoms with E-state index in [1.54, 1.807) is 32.9 Å². The van der Waals surface area contributed by atoms with E-state index in [9.17, 15) is 18.6 Å². The van der Waals surface area contributed by atoms with E-state index in [0.717, 1.165) is 10.0 Å². The molecular weight excluding hydrogens is 356 g/mol. The van der Waals surface area contributed by atoms with Gasteiger partial charge in [-0.2, -0.15) is 0 Å². The van der Waals surface area contributed by atoms with Crippen molar-refractivity contribution < 1.29 is 18.6 Å². The molecule has 1 aromatic rings. The van der Waals surface area contributed by atoms with E-state index >= 15 is 0 Å². The van der Waals surface area contributed by atoms with Crippen molar-refractivity contribution in [3.63, 3.8) is 0 Å². The van der Waals surface area contributed by atoms with Gasteiger partial charge in [-0.1, -0.05) is 28.1 Å². The summed E-state index contributed by atoms with van der Waals surface area (Å²) < 4.78 is 24.5. The summed E-state index contributed by atoms with van der Waals surface area (Å²) in [6.07, 6.45) is 0.182. The van der Waals surface area contributed by atoms with E-state index in [1.807, 2.05) is 12.1 Å². The minimum absolute atomic E-state index is 0.0757. The lowest BCUT2D eigenvalue weighted by Crippen LogP contribution is -2.39. The molecule has 6 heteroatoms. The van der Waals surface area contributed by atoms with Crippen molar-refractivity contribution in [3.8, 4) is 0 Å². The first-order valence-corrected chi connectivity index (χ1v) is 9.22. The van der Waals surface area contributed by atoms with Gasteiger partial charge in [-0.25, -0.2) is 8.42 Å². The minimum atomic E-state index is -3.30. The number of rotatable bonds is 6. The lowest BCUT2D eigenvalue weighted by molar-refractivity contribution is 0.113. The van der Waals surface area contributed by atoms with Crippen LogP contribution in [0.5, 0.6) is 0 Å². The molecular formula is C15H23BrO4S. The molecule has 120 valence electrons. The monoisotopic (exact) mass is 378 g/mol. The normalized spacial score (nSPS) is 13.4. The first-order valence-electron chi connectivity index (χ1n) is 6.78. The summed E-state index contributed by atoms with van der Waals surface area (Å²) in [6, 6.07) is 7.21. The Hall–Kier alpha value is -0.430. The second kappa shape index (κ2) is 6.77. The molecule has 0 aromatic heterocycles. The maximum absolute atomic E-state index is 12.2. The Kier molecular flexibility index (Phi) is 6.00. The largest absolute Gasteiger partial charge is 0.395 e. The molecule has 0 amide bonds. The van der Waals surface area contributed by atoms with Crippen LogP contribution in [0.15, 0.2) is 28.7 Å². The van der Waals surface area contributed by atoms with Crippen LogP contribution >= 0.6 is 15.9 Å². The maximum Gasteiger partial charge on any atom is 0.155 e. The molecule has 0 atom stereocenters. The summed E-state index contributed by atoms with van der Waals surface area (Å²) in [6.45, 7) is 4.36. The highest BCUT2D eigenvalue weighted by Crippen LogP contribution is 2.30. The third kappa shape index (κ3) is 4.28. The number of halogens is 1. The molecule has 4 nitrogen and oxygen atoms in total. The van der Waals surface area contributed by atoms with Crippen molar-refractivity contribution in [3.05, 3.63) is 34.3 Å². The molecule has 0 fully saturated rings. The first kappa shape index (κ1) is 18.6. The molecule has 0 aliphatic carbocycles. The SMILES string of the molecule is CC(C)(C)S(=O)(=O)CCC(CO)(CO)c1ccc(Br)cc1. The van der Waals surface area contributed by atoms with Gasteiger partial charge in [0.2, 0.25) is 0 Å². The quantitative estimate of drug-likeness (QED) is 0.795. The molecule has 0 aliphatic rings. The van der Waals surface area contributed by atoms with Gasteiger partial charge < -0.3 is 10.2 Å². The van der Waals surface area contributed by atoms with E-state index in [2.05, 4.69) is 15.9 Å². The third-order valence-corrected chi connectivity index (χ3v) is 6.98. The smallest absolute Gasteiger partial charge is 0.155 e. The van der Waals surface area contributed by atoms with Gasteiger partial charge in [-0.15, -0.1) is 0 Å². The van der Waals surface area contributed by atoms with Gasteiger partial charge in [0.25, 0.3) is 0 Å². The second-order valence-corrected chi connectivity index (χ2v) is 10.1. The zero-order chi connectivity index (χ0) is 16.3. The Morgan fingerprint density at radius 2 is 1.52 bits per heavy atom. The van der Waals surface area contributed by atoms with Crippen molar-refractivity contribution in [1.82, 2.24) is 0 Å². The lowest BCUT2D eigenvalue weighted by atomic mass is 9.79. The summed E-state index contributed by atoms with van der Waals surface area (Å²) in [5.74, 6) is -0.0757. The maximum atomic E-state index is 12.2. The molecule has 0 radical (unpaired) electrons. The van der Waals surface area contributed by atoms with E-state index in [0.29, 0.717) is 0 Å². The molecule has 0 spiro atoms. The van der Waals surface area contributed by atoms with Crippen molar-refractivity contribution in [2.45, 2.75) is 37.4 Å². The van der Waals surface area contributed by atoms with Crippen molar-refractivity contribution in [2.24, 2.45) is 0 Å². The minimum Gasteiger partial charge on any atom is -0.395 e. The predicted octanol–water partition coefficient (Wildman–Crippen LogP) is 2.27. The Morgan fingerprint density at radius 3 is 1.90 bits per heavy atom. The summed E-state index contributed by atoms with van der Waals surface area (Å²) in [5, 5.41) is 19.5. The molecule has 0 saturated heterocycles. The lowest BCUT2D eigenvalue weighted by Gasteiger charge is -2.31. The highest BCUT2D eigenvalue weighted by molar-refractivity contribution is 9.10. The van der Waals surface area contributed by atoms with Gasteiger partial charge in [0.15, 0.2) is 9.84 Å². The van der Waals surface area contributed by atoms with E-state index in [4.69, 9.17) is 0 Å². The van der Waals surface area contributed by atoms with Gasteiger partial charge >= 0.3 is 0 Å². The fourth-order valence-corrected chi connectivity index (χ4v) is 3.51. The van der Waals surface area contributed by atoms with Gasteiger partial charge in [0, 0.05) is 9.89 Å². The second-order valence-electron chi connectivity index (χ2n) is 6.28. The third-order valence-electron chi connectivity index (χ3n) is 3.84. The molecule has 0 saturated carbocycles. The fourth-order valence-electron chi connectivity index (χ4n) is 1.97. The average Bonchev–Trinajstić information content (AvgIpc) is 2.41. The number of benzene rings is 1. The van der Waals surface area contributed by atoms with E-state index in [-0.39, 0.29) is 25.4 Å². The molecule has 1 aromatic carbocycles. The van der Waals surface area contributed by atoms with Crippen LogP contribution in [0.2, 0.25) is 0 Å². The molecule has 21 heavy (non-hydrogen) atoms. The molecule has 0 bridgehead atoms. The van der Waals surface area contributed by atoms with Crippen LogP contribution in [0.1, 0.15) is 32.8 Å². The van der Waals surface area contributed by atoms with Crippen LogP contribution < -0.4 is 0 Å². The highest BCUT2D eigenvalue weighted by atomic mass is 79.9. The standard InChI is InChI=1S/C15H23BrO4S/c1-14(2,3)21(19,20)9-8-15(10-17,11-18)12-4-6-13(16)7-5-12/h4-7,17-18H,8-11H2,1-3H3. The molecule has 0 unspecified atom stereocenters. The van der Waals surface area contributed by atoms with Gasteiger partial charge in [-0.05, 0) is 44.9 Å². The van der Waals surface area contributed by atoms with Gasteiger partial charge in [0.05, 0.1) is 23.7 Å². The Labute approximate surface area is 135 Å². The molecule has 0 heterocycles. The van der Waals surface area contributed by atoms with E-state index in [1.165, 1.54) is 0 Å². The Balaban J connectivity index is 3.05. The van der Waals surface area contributed by atoms with Crippen LogP contribution in [0.4, 0.5) is 0 Å². The van der Waals surface area contributed by atoms with Crippen LogP contribution in [0, 0.1) is 0 Å². The Morgan fingerprint density at radius 1 is 1.05 bits per heavy atom. The fraction of sp³-hybridized carbons (Fsp3) is 0.600. The van der Waals surface area contributed by atoms with Crippen LogP contribution in [-0.4, -0.2) is 42.3 Å². The predicted molar refractivity (Wildman–Crippen MR) is 88.1 cm³/mol. The number of sulfone groups is 1. The van der Waals surface area contributed by atoms with Crippen molar-refractivity contribution in [2.75, 3.05) is 19.0 Å². The van der Waals surface area contributed by atoms with Crippen molar-refractivity contribution in [1.29, 1.82) is 0 Å². The highest BCUT2D eigenvalue weighted by Gasteiger charge is 2.36. The number of hydrogen-bond acceptors (Lipinski definition) is 4. The van der Waals surface area contributed by atoms with E-state index < -0.39 is 20.0 Å². The summed E-state index contributed by atoms with van der Waals surface area (Å²) >= 11 is 3.33. The average molecular weight is 379 g/mol. The first-order chi connectivity index (χ1) is 9.58. The topological polar surface area (TPSA) is 74.6 Å². The van der Waals surface area contributed by atoms with Crippen LogP contribution in [0.3, 0.4) is 0 Å². The molecule has 0 aliphatic heterocycles. The Bertz CT molecular complexity index is 554. The van der Waals surface area contributed by atoms with Gasteiger partial charge in [0.1, 0.15) is 0 Å². The summed E-state index contributed by atoms with van der Waals surface area (Å²) in [4.78, 5) is 0. The number of hydrogen-bond donors (Lipinski definition) is 2. The summed E-state index contributed by atoms with van der Waals surface area (Å²) in [5.41, 5.74) is -0.209. The zero-order valence-corrected chi connectivity index (χ0v) is 15.0. The number of aliphatic hydroxyl groups is 2.